The Morgan fingerprint density at radius 2 is 1.14 bits per heavy atom. The molecule has 0 aliphatic rings. The predicted molar refractivity (Wildman–Crippen MR) is 111 cm³/mol. The zero-order valence-corrected chi connectivity index (χ0v) is 15.6. The van der Waals surface area contributed by atoms with E-state index >= 15 is 0 Å². The minimum absolute atomic E-state index is 0.199. The first kappa shape index (κ1) is 19.9. The maximum absolute atomic E-state index is 14.7. The van der Waals surface area contributed by atoms with Gasteiger partial charge in [-0.05, 0) is 33.9 Å². The second-order valence-electron chi connectivity index (χ2n) is 6.39. The fourth-order valence-corrected chi connectivity index (χ4v) is 2.82. The van der Waals surface area contributed by atoms with E-state index in [2.05, 4.69) is 0 Å². The molecule has 3 rings (SSSR count). The van der Waals surface area contributed by atoms with E-state index in [1.807, 2.05) is 42.5 Å². The van der Waals surface area contributed by atoms with Gasteiger partial charge in [0.15, 0.2) is 0 Å². The standard InChI is InChI=1S/C22H21FN4O2/c23-20-11-18(16-5-1-14(2-6-16)12-28-21(24)25)9-10-19(20)17-7-3-15(4-8-17)13-29-22(26)27/h1-11H,12-13H2,(H3,24,25)(H3,26,27). The summed E-state index contributed by atoms with van der Waals surface area (Å²) in [5.41, 5.74) is 14.9. The third-order valence-corrected chi connectivity index (χ3v) is 4.31. The molecule has 0 aromatic heterocycles. The first-order valence-corrected chi connectivity index (χ1v) is 8.84. The van der Waals surface area contributed by atoms with Gasteiger partial charge in [0.05, 0.1) is 0 Å². The molecule has 3 aromatic rings. The van der Waals surface area contributed by atoms with Crippen LogP contribution >= 0.6 is 0 Å². The molecule has 148 valence electrons. The lowest BCUT2D eigenvalue weighted by Gasteiger charge is -2.09. The van der Waals surface area contributed by atoms with Gasteiger partial charge in [0.2, 0.25) is 0 Å². The van der Waals surface area contributed by atoms with E-state index in [1.165, 1.54) is 6.07 Å². The Morgan fingerprint density at radius 3 is 1.59 bits per heavy atom. The Hall–Kier alpha value is -3.87. The molecule has 0 aliphatic carbocycles. The van der Waals surface area contributed by atoms with E-state index in [1.54, 1.807) is 18.2 Å². The van der Waals surface area contributed by atoms with Crippen molar-refractivity contribution in [2.75, 3.05) is 0 Å². The average molecular weight is 392 g/mol. The highest BCUT2D eigenvalue weighted by Crippen LogP contribution is 2.28. The van der Waals surface area contributed by atoms with Crippen LogP contribution in [0.5, 0.6) is 0 Å². The fourth-order valence-electron chi connectivity index (χ4n) is 2.82. The van der Waals surface area contributed by atoms with Crippen LogP contribution in [0.2, 0.25) is 0 Å². The lowest BCUT2D eigenvalue weighted by molar-refractivity contribution is 0.284. The molecule has 0 unspecified atom stereocenters. The van der Waals surface area contributed by atoms with Gasteiger partial charge in [-0.1, -0.05) is 60.7 Å². The van der Waals surface area contributed by atoms with Gasteiger partial charge in [-0.15, -0.1) is 0 Å². The van der Waals surface area contributed by atoms with Gasteiger partial charge in [-0.25, -0.2) is 4.39 Å². The normalized spacial score (nSPS) is 10.4. The van der Waals surface area contributed by atoms with E-state index in [0.29, 0.717) is 5.56 Å². The zero-order chi connectivity index (χ0) is 20.8. The summed E-state index contributed by atoms with van der Waals surface area (Å²) >= 11 is 0. The Morgan fingerprint density at radius 1 is 0.690 bits per heavy atom. The fraction of sp³-hybridized carbons (Fsp3) is 0.0909. The maximum Gasteiger partial charge on any atom is 0.279 e. The van der Waals surface area contributed by atoms with Crippen LogP contribution in [0.3, 0.4) is 0 Å². The third-order valence-electron chi connectivity index (χ3n) is 4.31. The first-order valence-electron chi connectivity index (χ1n) is 8.84. The number of halogens is 1. The molecule has 6 nitrogen and oxygen atoms in total. The summed E-state index contributed by atoms with van der Waals surface area (Å²) in [7, 11) is 0. The number of rotatable bonds is 6. The van der Waals surface area contributed by atoms with E-state index in [0.717, 1.165) is 27.8 Å². The summed E-state index contributed by atoms with van der Waals surface area (Å²) < 4.78 is 24.7. The second-order valence-corrected chi connectivity index (χ2v) is 6.39. The molecular formula is C22H21FN4O2. The molecule has 0 saturated carbocycles. The quantitative estimate of drug-likeness (QED) is 0.375. The third kappa shape index (κ3) is 5.32. The smallest absolute Gasteiger partial charge is 0.279 e. The van der Waals surface area contributed by atoms with Crippen molar-refractivity contribution >= 4 is 12.0 Å². The van der Waals surface area contributed by atoms with Crippen molar-refractivity contribution in [2.24, 2.45) is 11.5 Å². The molecule has 6 N–H and O–H groups in total. The van der Waals surface area contributed by atoms with Crippen LogP contribution < -0.4 is 11.5 Å². The molecule has 0 saturated heterocycles. The van der Waals surface area contributed by atoms with Crippen molar-refractivity contribution < 1.29 is 13.9 Å². The monoisotopic (exact) mass is 392 g/mol. The van der Waals surface area contributed by atoms with Crippen molar-refractivity contribution in [3.63, 3.8) is 0 Å². The SMILES string of the molecule is N=C(N)OCc1ccc(-c2ccc(-c3ccc(COC(=N)N)cc3)c(F)c2)cc1. The molecular weight excluding hydrogens is 371 g/mol. The highest BCUT2D eigenvalue weighted by Gasteiger charge is 2.08. The van der Waals surface area contributed by atoms with Crippen molar-refractivity contribution in [3.05, 3.63) is 83.7 Å². The zero-order valence-electron chi connectivity index (χ0n) is 15.6. The number of hydrogen-bond acceptors (Lipinski definition) is 4. The molecule has 0 fully saturated rings. The highest BCUT2D eigenvalue weighted by atomic mass is 19.1. The first-order chi connectivity index (χ1) is 13.9. The lowest BCUT2D eigenvalue weighted by Crippen LogP contribution is -2.13. The van der Waals surface area contributed by atoms with Crippen LogP contribution in [0, 0.1) is 16.6 Å². The van der Waals surface area contributed by atoms with Gasteiger partial charge in [-0.2, -0.15) is 0 Å². The summed E-state index contributed by atoms with van der Waals surface area (Å²) in [4.78, 5) is 0. The minimum atomic E-state index is -0.338. The molecule has 0 heterocycles. The van der Waals surface area contributed by atoms with E-state index in [-0.39, 0.29) is 31.1 Å². The molecule has 0 atom stereocenters. The van der Waals surface area contributed by atoms with Crippen LogP contribution in [0.1, 0.15) is 11.1 Å². The summed E-state index contributed by atoms with van der Waals surface area (Å²) in [6, 6.07) is 19.1. The predicted octanol–water partition coefficient (Wildman–Crippen LogP) is 3.98. The van der Waals surface area contributed by atoms with Crippen LogP contribution in [0.15, 0.2) is 66.7 Å². The molecule has 0 aliphatic heterocycles. The number of ether oxygens (including phenoxy) is 2. The topological polar surface area (TPSA) is 118 Å². The number of nitrogens with one attached hydrogen (secondary N) is 2. The molecule has 0 amide bonds. The molecule has 0 spiro atoms. The number of amidine groups is 2. The van der Waals surface area contributed by atoms with Gasteiger partial charge >= 0.3 is 0 Å². The van der Waals surface area contributed by atoms with Crippen LogP contribution in [-0.4, -0.2) is 12.0 Å². The Kier molecular flexibility index (Phi) is 6.09. The minimum Gasteiger partial charge on any atom is -0.461 e. The Bertz CT molecular complexity index is 1020. The average Bonchev–Trinajstić information content (AvgIpc) is 2.71. The number of nitrogens with two attached hydrogens (primary N) is 2. The summed E-state index contributed by atoms with van der Waals surface area (Å²) in [6.45, 7) is 0.418. The van der Waals surface area contributed by atoms with Gasteiger partial charge in [0.1, 0.15) is 19.0 Å². The Balaban J connectivity index is 1.74. The van der Waals surface area contributed by atoms with E-state index in [4.69, 9.17) is 31.8 Å². The van der Waals surface area contributed by atoms with Crippen LogP contribution in [-0.2, 0) is 22.7 Å². The van der Waals surface area contributed by atoms with Crippen molar-refractivity contribution in [3.8, 4) is 22.3 Å². The maximum atomic E-state index is 14.7. The molecule has 0 radical (unpaired) electrons. The molecule has 29 heavy (non-hydrogen) atoms. The van der Waals surface area contributed by atoms with Gasteiger partial charge in [0.25, 0.3) is 12.0 Å². The number of hydrogen-bond donors (Lipinski definition) is 4. The van der Waals surface area contributed by atoms with Crippen molar-refractivity contribution in [2.45, 2.75) is 13.2 Å². The lowest BCUT2D eigenvalue weighted by atomic mass is 9.98. The van der Waals surface area contributed by atoms with E-state index in [9.17, 15) is 4.39 Å². The molecule has 3 aromatic carbocycles. The second kappa shape index (κ2) is 8.88. The van der Waals surface area contributed by atoms with Gasteiger partial charge < -0.3 is 20.9 Å². The van der Waals surface area contributed by atoms with Gasteiger partial charge in [-0.3, -0.25) is 10.8 Å². The summed E-state index contributed by atoms with van der Waals surface area (Å²) in [5.74, 6) is -0.320. The summed E-state index contributed by atoms with van der Waals surface area (Å²) in [6.07, 6.45) is 0. The van der Waals surface area contributed by atoms with E-state index < -0.39 is 0 Å². The van der Waals surface area contributed by atoms with Crippen LogP contribution in [0.25, 0.3) is 22.3 Å². The Labute approximate surface area is 167 Å². The molecule has 0 bridgehead atoms. The van der Waals surface area contributed by atoms with Crippen molar-refractivity contribution in [1.82, 2.24) is 0 Å². The highest BCUT2D eigenvalue weighted by molar-refractivity contribution is 5.71. The summed E-state index contributed by atoms with van der Waals surface area (Å²) in [5, 5.41) is 14.2. The van der Waals surface area contributed by atoms with Crippen LogP contribution in [0.4, 0.5) is 4.39 Å². The molecule has 7 heteroatoms. The largest absolute Gasteiger partial charge is 0.461 e. The van der Waals surface area contributed by atoms with Crippen molar-refractivity contribution in [1.29, 1.82) is 10.8 Å². The number of benzene rings is 3. The van der Waals surface area contributed by atoms with Gasteiger partial charge in [0, 0.05) is 5.56 Å².